The molecule has 0 rings (SSSR count). The molecule has 0 spiro atoms. The smallest absolute Gasteiger partial charge is 0.306 e. The molecule has 0 aliphatic rings. The molecule has 6 heteroatoms. The molecule has 0 aromatic carbocycles. The molecule has 0 aliphatic carbocycles. The molecule has 1 unspecified atom stereocenters. The molecule has 0 fully saturated rings. The summed E-state index contributed by atoms with van der Waals surface area (Å²) in [6, 6.07) is 0. The molecule has 0 bridgehead atoms. The highest BCUT2D eigenvalue weighted by molar-refractivity contribution is 5.71. The third-order valence-electron chi connectivity index (χ3n) is 11.9. The van der Waals surface area contributed by atoms with Gasteiger partial charge in [0.15, 0.2) is 6.10 Å². The molecule has 0 aliphatic heterocycles. The normalized spacial score (nSPS) is 13.1. The lowest BCUT2D eigenvalue weighted by Crippen LogP contribution is -2.30. The first-order chi connectivity index (χ1) is 35.5. The first-order valence-electron chi connectivity index (χ1n) is 29.2. The second-order valence-electron chi connectivity index (χ2n) is 18.8. The third kappa shape index (κ3) is 56.5. The lowest BCUT2D eigenvalue weighted by atomic mass is 10.1. The fourth-order valence-corrected chi connectivity index (χ4v) is 7.59. The molecule has 0 N–H and O–H groups in total. The van der Waals surface area contributed by atoms with Crippen molar-refractivity contribution in [1.82, 2.24) is 0 Å². The van der Waals surface area contributed by atoms with E-state index in [0.717, 1.165) is 128 Å². The van der Waals surface area contributed by atoms with E-state index < -0.39 is 6.10 Å². The molecule has 6 nitrogen and oxygen atoms in total. The predicted molar refractivity (Wildman–Crippen MR) is 311 cm³/mol. The first kappa shape index (κ1) is 67.5. The average Bonchev–Trinajstić information content (AvgIpc) is 3.38. The summed E-state index contributed by atoms with van der Waals surface area (Å²) in [7, 11) is 0. The van der Waals surface area contributed by atoms with Crippen LogP contribution in [0.15, 0.2) is 134 Å². The third-order valence-corrected chi connectivity index (χ3v) is 11.9. The van der Waals surface area contributed by atoms with E-state index in [1.807, 2.05) is 0 Å². The minimum Gasteiger partial charge on any atom is -0.462 e. The summed E-state index contributed by atoms with van der Waals surface area (Å²) in [5.74, 6) is -0.960. The van der Waals surface area contributed by atoms with E-state index in [1.165, 1.54) is 70.6 Å². The van der Waals surface area contributed by atoms with Crippen molar-refractivity contribution in [1.29, 1.82) is 0 Å². The number of hydrogen-bond donors (Lipinski definition) is 0. The summed E-state index contributed by atoms with van der Waals surface area (Å²) in [6.07, 6.45) is 83.1. The van der Waals surface area contributed by atoms with Crippen molar-refractivity contribution in [2.75, 3.05) is 13.2 Å². The number of carbonyl (C=O) groups is 3. The van der Waals surface area contributed by atoms with Crippen molar-refractivity contribution >= 4 is 17.9 Å². The van der Waals surface area contributed by atoms with Crippen LogP contribution in [0.1, 0.15) is 245 Å². The van der Waals surface area contributed by atoms with Crippen LogP contribution in [0.2, 0.25) is 0 Å². The van der Waals surface area contributed by atoms with Crippen LogP contribution in [0.3, 0.4) is 0 Å². The van der Waals surface area contributed by atoms with Crippen LogP contribution < -0.4 is 0 Å². The molecule has 0 amide bonds. The maximum absolute atomic E-state index is 12.8. The second-order valence-corrected chi connectivity index (χ2v) is 18.8. The van der Waals surface area contributed by atoms with Gasteiger partial charge in [-0.2, -0.15) is 0 Å². The molecule has 0 radical (unpaired) electrons. The maximum Gasteiger partial charge on any atom is 0.306 e. The Morgan fingerprint density at radius 1 is 0.292 bits per heavy atom. The van der Waals surface area contributed by atoms with Crippen molar-refractivity contribution in [3.8, 4) is 0 Å². The summed E-state index contributed by atoms with van der Waals surface area (Å²) in [4.78, 5) is 38.1. The van der Waals surface area contributed by atoms with E-state index in [9.17, 15) is 14.4 Å². The highest BCUT2D eigenvalue weighted by Gasteiger charge is 2.19. The van der Waals surface area contributed by atoms with E-state index in [-0.39, 0.29) is 37.5 Å². The van der Waals surface area contributed by atoms with E-state index in [1.54, 1.807) is 0 Å². The number of unbranched alkanes of at least 4 members (excludes halogenated alkanes) is 18. The Morgan fingerprint density at radius 3 is 0.875 bits per heavy atom. The minimum absolute atomic E-state index is 0.100. The number of hydrogen-bond acceptors (Lipinski definition) is 6. The molecular weight excluding hydrogens is 889 g/mol. The first-order valence-corrected chi connectivity index (χ1v) is 29.2. The molecule has 72 heavy (non-hydrogen) atoms. The Kier molecular flexibility index (Phi) is 55.5. The van der Waals surface area contributed by atoms with Gasteiger partial charge in [0.1, 0.15) is 13.2 Å². The predicted octanol–water partition coefficient (Wildman–Crippen LogP) is 19.8. The molecule has 0 saturated carbocycles. The Hall–Kier alpha value is -4.45. The van der Waals surface area contributed by atoms with Crippen LogP contribution in [0.4, 0.5) is 0 Å². The van der Waals surface area contributed by atoms with Crippen molar-refractivity contribution in [2.45, 2.75) is 252 Å². The lowest BCUT2D eigenvalue weighted by Gasteiger charge is -2.18. The van der Waals surface area contributed by atoms with Crippen molar-refractivity contribution < 1.29 is 28.6 Å². The summed E-state index contributed by atoms with van der Waals surface area (Å²) >= 11 is 0. The van der Waals surface area contributed by atoms with Crippen LogP contribution >= 0.6 is 0 Å². The van der Waals surface area contributed by atoms with Gasteiger partial charge >= 0.3 is 17.9 Å². The molecule has 406 valence electrons. The Bertz CT molecular complexity index is 1560. The Morgan fingerprint density at radius 2 is 0.542 bits per heavy atom. The monoisotopic (exact) mass is 995 g/mol. The van der Waals surface area contributed by atoms with Gasteiger partial charge in [-0.05, 0) is 116 Å². The fourth-order valence-electron chi connectivity index (χ4n) is 7.59. The zero-order valence-electron chi connectivity index (χ0n) is 46.4. The topological polar surface area (TPSA) is 78.9 Å². The summed E-state index contributed by atoms with van der Waals surface area (Å²) in [5, 5.41) is 0. The number of esters is 3. The van der Waals surface area contributed by atoms with Crippen LogP contribution in [-0.4, -0.2) is 37.2 Å². The Balaban J connectivity index is 4.32. The molecule has 0 aromatic rings. The summed E-state index contributed by atoms with van der Waals surface area (Å²) in [6.45, 7) is 6.34. The minimum atomic E-state index is -0.807. The largest absolute Gasteiger partial charge is 0.462 e. The van der Waals surface area contributed by atoms with Gasteiger partial charge in [0.05, 0.1) is 0 Å². The van der Waals surface area contributed by atoms with Crippen molar-refractivity contribution in [3.05, 3.63) is 134 Å². The zero-order chi connectivity index (χ0) is 52.2. The average molecular weight is 996 g/mol. The second kappa shape index (κ2) is 59.1. The Labute approximate surface area is 443 Å². The highest BCUT2D eigenvalue weighted by Crippen LogP contribution is 2.14. The van der Waals surface area contributed by atoms with E-state index >= 15 is 0 Å². The van der Waals surface area contributed by atoms with Crippen LogP contribution in [0.25, 0.3) is 0 Å². The van der Waals surface area contributed by atoms with Gasteiger partial charge in [0.25, 0.3) is 0 Å². The number of carbonyl (C=O) groups excluding carboxylic acids is 3. The quantitative estimate of drug-likeness (QED) is 0.0261. The van der Waals surface area contributed by atoms with E-state index in [2.05, 4.69) is 154 Å². The summed E-state index contributed by atoms with van der Waals surface area (Å²) in [5.41, 5.74) is 0. The maximum atomic E-state index is 12.8. The van der Waals surface area contributed by atoms with Crippen molar-refractivity contribution in [3.63, 3.8) is 0 Å². The zero-order valence-corrected chi connectivity index (χ0v) is 46.4. The number of allylic oxidation sites excluding steroid dienone is 22. The fraction of sp³-hybridized carbons (Fsp3) is 0.621. The highest BCUT2D eigenvalue weighted by atomic mass is 16.6. The standard InChI is InChI=1S/C66H106O6/c1-4-7-10-13-16-19-22-24-26-27-28-29-30-31-32-33-34-35-36-37-38-39-41-42-44-47-50-53-56-59-65(68)71-62-63(61-70-64(67)58-55-52-49-46-21-18-15-12-9-6-3)72-66(69)60-57-54-51-48-45-43-40-25-23-20-17-14-11-8-5-2/h7-8,10-11,16-17,19-20,24-26,28-29,31-32,34-35,37-38,40,45,48,63H,4-6,9,12-15,18,21-23,27,30,33,36,39,41-44,46-47,49-62H2,1-3H3/b10-7-,11-8-,19-16-,20-17-,26-24-,29-28-,32-31-,35-34-,38-37-,40-25-,48-45-. The van der Waals surface area contributed by atoms with E-state index in [0.29, 0.717) is 19.3 Å². The van der Waals surface area contributed by atoms with Crippen molar-refractivity contribution in [2.24, 2.45) is 0 Å². The molecule has 0 heterocycles. The molecule has 1 atom stereocenters. The van der Waals surface area contributed by atoms with Gasteiger partial charge in [-0.3, -0.25) is 14.4 Å². The molecular formula is C66H106O6. The molecule has 0 aromatic heterocycles. The van der Waals surface area contributed by atoms with Crippen LogP contribution in [0, 0.1) is 0 Å². The van der Waals surface area contributed by atoms with Gasteiger partial charge in [-0.1, -0.05) is 244 Å². The summed E-state index contributed by atoms with van der Waals surface area (Å²) < 4.78 is 16.8. The lowest BCUT2D eigenvalue weighted by molar-refractivity contribution is -0.167. The van der Waals surface area contributed by atoms with Gasteiger partial charge < -0.3 is 14.2 Å². The number of ether oxygens (including phenoxy) is 3. The van der Waals surface area contributed by atoms with Crippen LogP contribution in [0.5, 0.6) is 0 Å². The van der Waals surface area contributed by atoms with Gasteiger partial charge in [-0.25, -0.2) is 0 Å². The van der Waals surface area contributed by atoms with Gasteiger partial charge in [0, 0.05) is 19.3 Å². The SMILES string of the molecule is CC/C=C\C/C=C\C/C=C\C/C=C\C/C=C\C/C=C\C/C=C\CCCCCCCCCC(=O)OCC(COC(=O)CCCCCCCCCCCC)OC(=O)CCCC/C=C\C/C=C\C/C=C\C/C=C\CC. The van der Waals surface area contributed by atoms with Crippen LogP contribution in [-0.2, 0) is 28.6 Å². The van der Waals surface area contributed by atoms with Gasteiger partial charge in [0.2, 0.25) is 0 Å². The van der Waals surface area contributed by atoms with Gasteiger partial charge in [-0.15, -0.1) is 0 Å². The van der Waals surface area contributed by atoms with E-state index in [4.69, 9.17) is 14.2 Å². The number of rotatable bonds is 51. The molecule has 0 saturated heterocycles.